The first kappa shape index (κ1) is 12.4. The van der Waals surface area contributed by atoms with Gasteiger partial charge in [0.05, 0.1) is 17.2 Å². The molecule has 5 heteroatoms. The fourth-order valence-electron chi connectivity index (χ4n) is 1.61. The molecule has 0 atom stereocenters. The van der Waals surface area contributed by atoms with Gasteiger partial charge in [0.1, 0.15) is 0 Å². The molecule has 1 fully saturated rings. The van der Waals surface area contributed by atoms with Crippen molar-refractivity contribution in [1.29, 1.82) is 0 Å². The first-order valence-electron chi connectivity index (χ1n) is 6.16. The van der Waals surface area contributed by atoms with Gasteiger partial charge >= 0.3 is 0 Å². The summed E-state index contributed by atoms with van der Waals surface area (Å²) in [5, 5.41) is 7.80. The Bertz CT molecular complexity index is 407. The first-order chi connectivity index (χ1) is 8.19. The third-order valence-corrected chi connectivity index (χ3v) is 3.70. The Morgan fingerprint density at radius 2 is 2.24 bits per heavy atom. The molecule has 1 aliphatic carbocycles. The Hall–Kier alpha value is -1.10. The third kappa shape index (κ3) is 3.70. The van der Waals surface area contributed by atoms with Gasteiger partial charge in [0.25, 0.3) is 0 Å². The second kappa shape index (κ2) is 5.49. The molecule has 0 unspecified atom stereocenters. The molecule has 94 valence electrons. The number of thiazole rings is 1. The molecule has 2 N–H and O–H groups in total. The number of guanidine groups is 1. The summed E-state index contributed by atoms with van der Waals surface area (Å²) < 4.78 is 0. The lowest BCUT2D eigenvalue weighted by Gasteiger charge is -2.09. The van der Waals surface area contributed by atoms with Crippen molar-refractivity contribution in [3.63, 3.8) is 0 Å². The van der Waals surface area contributed by atoms with E-state index in [4.69, 9.17) is 0 Å². The highest BCUT2D eigenvalue weighted by Gasteiger charge is 2.22. The maximum absolute atomic E-state index is 4.60. The van der Waals surface area contributed by atoms with Crippen LogP contribution in [0, 0.1) is 13.8 Å². The fourth-order valence-corrected chi connectivity index (χ4v) is 2.47. The largest absolute Gasteiger partial charge is 0.357 e. The molecular formula is C12H20N4S. The average Bonchev–Trinajstić information content (AvgIpc) is 3.02. The number of aryl methyl sites for hydroxylation is 2. The molecule has 0 aromatic carbocycles. The van der Waals surface area contributed by atoms with Crippen LogP contribution in [0.4, 0.5) is 0 Å². The highest BCUT2D eigenvalue weighted by molar-refractivity contribution is 7.11. The molecule has 0 saturated heterocycles. The molecule has 4 nitrogen and oxygen atoms in total. The van der Waals surface area contributed by atoms with Crippen LogP contribution >= 0.6 is 11.3 Å². The second-order valence-corrected chi connectivity index (χ2v) is 5.64. The number of aromatic nitrogens is 1. The lowest BCUT2D eigenvalue weighted by Crippen LogP contribution is -2.38. The minimum atomic E-state index is 0.636. The Morgan fingerprint density at radius 3 is 2.76 bits per heavy atom. The summed E-state index contributed by atoms with van der Waals surface area (Å²) in [4.78, 5) is 10.3. The standard InChI is InChI=1S/C12H20N4S/c1-4-13-12(16-10-5-6-10)14-7-11-8(2)15-9(3)17-11/h10H,4-7H2,1-3H3,(H2,13,14,16). The summed E-state index contributed by atoms with van der Waals surface area (Å²) in [5.74, 6) is 0.931. The highest BCUT2D eigenvalue weighted by Crippen LogP contribution is 2.19. The van der Waals surface area contributed by atoms with E-state index in [0.717, 1.165) is 29.8 Å². The van der Waals surface area contributed by atoms with Crippen LogP contribution in [0.2, 0.25) is 0 Å². The van der Waals surface area contributed by atoms with Crippen molar-refractivity contribution in [3.8, 4) is 0 Å². The molecule has 2 rings (SSSR count). The molecule has 1 aromatic rings. The lowest BCUT2D eigenvalue weighted by atomic mass is 10.4. The van der Waals surface area contributed by atoms with E-state index in [9.17, 15) is 0 Å². The predicted molar refractivity (Wildman–Crippen MR) is 72.6 cm³/mol. The van der Waals surface area contributed by atoms with Gasteiger partial charge in [-0.15, -0.1) is 11.3 Å². The van der Waals surface area contributed by atoms with Gasteiger partial charge in [-0.2, -0.15) is 0 Å². The van der Waals surface area contributed by atoms with E-state index in [0.29, 0.717) is 6.04 Å². The topological polar surface area (TPSA) is 49.3 Å². The van der Waals surface area contributed by atoms with Crippen molar-refractivity contribution in [3.05, 3.63) is 15.6 Å². The Labute approximate surface area is 107 Å². The van der Waals surface area contributed by atoms with Crippen molar-refractivity contribution in [2.75, 3.05) is 6.54 Å². The summed E-state index contributed by atoms with van der Waals surface area (Å²) >= 11 is 1.74. The molecule has 1 saturated carbocycles. The van der Waals surface area contributed by atoms with Gasteiger partial charge in [-0.3, -0.25) is 0 Å². The molecule has 17 heavy (non-hydrogen) atoms. The highest BCUT2D eigenvalue weighted by atomic mass is 32.1. The summed E-state index contributed by atoms with van der Waals surface area (Å²) in [5.41, 5.74) is 1.11. The van der Waals surface area contributed by atoms with Gasteiger partial charge < -0.3 is 10.6 Å². The SMILES string of the molecule is CCNC(=NCc1sc(C)nc1C)NC1CC1. The molecule has 0 aliphatic heterocycles. The zero-order chi connectivity index (χ0) is 12.3. The van der Waals surface area contributed by atoms with E-state index < -0.39 is 0 Å². The van der Waals surface area contributed by atoms with Crippen LogP contribution in [0.25, 0.3) is 0 Å². The Balaban J connectivity index is 1.97. The molecule has 1 heterocycles. The molecule has 0 spiro atoms. The maximum Gasteiger partial charge on any atom is 0.191 e. The molecule has 0 bridgehead atoms. The molecule has 0 radical (unpaired) electrons. The average molecular weight is 252 g/mol. The normalized spacial score (nSPS) is 16.1. The number of hydrogen-bond donors (Lipinski definition) is 2. The van der Waals surface area contributed by atoms with Crippen molar-refractivity contribution >= 4 is 17.3 Å². The van der Waals surface area contributed by atoms with Crippen LogP contribution in [0.1, 0.15) is 35.3 Å². The van der Waals surface area contributed by atoms with Crippen LogP contribution in [0.5, 0.6) is 0 Å². The van der Waals surface area contributed by atoms with Gasteiger partial charge in [-0.05, 0) is 33.6 Å². The number of aliphatic imine (C=N–C) groups is 1. The summed E-state index contributed by atoms with van der Waals surface area (Å²) in [6, 6.07) is 0.636. The maximum atomic E-state index is 4.60. The Kier molecular flexibility index (Phi) is 3.99. The zero-order valence-electron chi connectivity index (χ0n) is 10.7. The van der Waals surface area contributed by atoms with Crippen LogP contribution in [0.3, 0.4) is 0 Å². The number of nitrogens with zero attached hydrogens (tertiary/aromatic N) is 2. The quantitative estimate of drug-likeness (QED) is 0.636. The van der Waals surface area contributed by atoms with Crippen LogP contribution < -0.4 is 10.6 Å². The van der Waals surface area contributed by atoms with E-state index in [1.54, 1.807) is 11.3 Å². The van der Waals surface area contributed by atoms with Crippen molar-refractivity contribution < 1.29 is 0 Å². The summed E-state index contributed by atoms with van der Waals surface area (Å²) in [6.45, 7) is 7.80. The summed E-state index contributed by atoms with van der Waals surface area (Å²) in [6.07, 6.45) is 2.53. The molecular weight excluding hydrogens is 232 g/mol. The van der Waals surface area contributed by atoms with E-state index in [1.165, 1.54) is 17.7 Å². The van der Waals surface area contributed by atoms with Crippen LogP contribution in [0.15, 0.2) is 4.99 Å². The zero-order valence-corrected chi connectivity index (χ0v) is 11.5. The third-order valence-electron chi connectivity index (χ3n) is 2.64. The van der Waals surface area contributed by atoms with Crippen LogP contribution in [-0.4, -0.2) is 23.5 Å². The molecule has 1 aromatic heterocycles. The summed E-state index contributed by atoms with van der Waals surface area (Å²) in [7, 11) is 0. The van der Waals surface area contributed by atoms with E-state index in [1.807, 2.05) is 6.92 Å². The molecule has 1 aliphatic rings. The van der Waals surface area contributed by atoms with E-state index in [-0.39, 0.29) is 0 Å². The van der Waals surface area contributed by atoms with Crippen molar-refractivity contribution in [2.45, 2.75) is 46.2 Å². The van der Waals surface area contributed by atoms with Crippen molar-refractivity contribution in [2.24, 2.45) is 4.99 Å². The van der Waals surface area contributed by atoms with E-state index >= 15 is 0 Å². The molecule has 0 amide bonds. The Morgan fingerprint density at radius 1 is 1.47 bits per heavy atom. The number of rotatable bonds is 4. The predicted octanol–water partition coefficient (Wildman–Crippen LogP) is 1.98. The van der Waals surface area contributed by atoms with Crippen LogP contribution in [-0.2, 0) is 6.54 Å². The second-order valence-electron chi connectivity index (χ2n) is 4.36. The lowest BCUT2D eigenvalue weighted by molar-refractivity contribution is 0.813. The van der Waals surface area contributed by atoms with Gasteiger partial charge in [-0.1, -0.05) is 0 Å². The minimum Gasteiger partial charge on any atom is -0.357 e. The first-order valence-corrected chi connectivity index (χ1v) is 6.98. The van der Waals surface area contributed by atoms with Gasteiger partial charge in [0.2, 0.25) is 0 Å². The van der Waals surface area contributed by atoms with E-state index in [2.05, 4.69) is 34.5 Å². The monoisotopic (exact) mass is 252 g/mol. The fraction of sp³-hybridized carbons (Fsp3) is 0.667. The van der Waals surface area contributed by atoms with Gasteiger partial charge in [0.15, 0.2) is 5.96 Å². The van der Waals surface area contributed by atoms with Gasteiger partial charge in [-0.25, -0.2) is 9.98 Å². The minimum absolute atomic E-state index is 0.636. The van der Waals surface area contributed by atoms with Crippen molar-refractivity contribution in [1.82, 2.24) is 15.6 Å². The smallest absolute Gasteiger partial charge is 0.191 e. The van der Waals surface area contributed by atoms with Gasteiger partial charge in [0, 0.05) is 17.5 Å². The number of nitrogens with one attached hydrogen (secondary N) is 2. The number of hydrogen-bond acceptors (Lipinski definition) is 3.